The molecular weight excluding hydrogens is 556 g/mol. The summed E-state index contributed by atoms with van der Waals surface area (Å²) >= 11 is 6.41. The number of carbonyl (C=O) groups is 3. The number of allylic oxidation sites excluding steroid dienone is 5. The van der Waals surface area contributed by atoms with E-state index in [9.17, 15) is 14.4 Å². The van der Waals surface area contributed by atoms with Crippen LogP contribution < -0.4 is 16.0 Å². The number of nitrogens with zero attached hydrogens (tertiary/aromatic N) is 2. The first-order chi connectivity index (χ1) is 20.3. The SMILES string of the molecule is COC(=O)Nc1ccc2c(c1)NC(=O)CCC=CCC(N1CCC(C3=C(C)CCC=CC(Cl)=C3)NC1=O)c1ncc-2[nH]1. The van der Waals surface area contributed by atoms with Gasteiger partial charge in [-0.25, -0.2) is 14.6 Å². The number of anilines is 2. The smallest absolute Gasteiger partial charge is 0.411 e. The van der Waals surface area contributed by atoms with Crippen LogP contribution in [-0.2, 0) is 9.53 Å². The van der Waals surface area contributed by atoms with Gasteiger partial charge in [0, 0.05) is 29.2 Å². The van der Waals surface area contributed by atoms with Crippen molar-refractivity contribution in [2.45, 2.75) is 57.5 Å². The third-order valence-corrected chi connectivity index (χ3v) is 7.94. The molecule has 1 aromatic heterocycles. The zero-order valence-corrected chi connectivity index (χ0v) is 24.5. The van der Waals surface area contributed by atoms with Crippen LogP contribution in [-0.4, -0.2) is 52.6 Å². The first-order valence-electron chi connectivity index (χ1n) is 14.1. The van der Waals surface area contributed by atoms with Crippen molar-refractivity contribution in [3.8, 4) is 11.3 Å². The Bertz CT molecular complexity index is 1490. The summed E-state index contributed by atoms with van der Waals surface area (Å²) < 4.78 is 4.70. The molecule has 1 saturated heterocycles. The summed E-state index contributed by atoms with van der Waals surface area (Å²) in [7, 11) is 1.29. The van der Waals surface area contributed by atoms with E-state index in [1.807, 2.05) is 29.2 Å². The standard InChI is InChI=1S/C31H35ClN6O4/c1-19-8-6-7-9-20(32)16-23(19)24-14-15-38(30(40)37-24)27-10-4-3-5-11-28(39)35-25-17-21(34-31(41)42-2)12-13-22(25)26-18-33-29(27)36-26/h3-4,7,9,12-13,16-18,24,27H,5-6,8,10-11,14-15H2,1-2H3,(H,33,36)(H,34,41)(H,35,39)(H,37,40). The lowest BCUT2D eigenvalue weighted by molar-refractivity contribution is -0.116. The molecule has 1 aromatic carbocycles. The maximum Gasteiger partial charge on any atom is 0.411 e. The summed E-state index contributed by atoms with van der Waals surface area (Å²) in [5.74, 6) is 0.488. The number of ether oxygens (including phenoxy) is 1. The molecule has 1 aliphatic carbocycles. The van der Waals surface area contributed by atoms with Crippen molar-refractivity contribution in [2.75, 3.05) is 24.3 Å². The number of aromatic amines is 1. The molecule has 220 valence electrons. The van der Waals surface area contributed by atoms with Crippen LogP contribution in [0.4, 0.5) is 21.0 Å². The van der Waals surface area contributed by atoms with Crippen LogP contribution in [0, 0.1) is 0 Å². The quantitative estimate of drug-likeness (QED) is 0.301. The number of rotatable bonds is 3. The van der Waals surface area contributed by atoms with Gasteiger partial charge in [-0.15, -0.1) is 0 Å². The summed E-state index contributed by atoms with van der Waals surface area (Å²) in [6.45, 7) is 2.65. The predicted octanol–water partition coefficient (Wildman–Crippen LogP) is 6.55. The Morgan fingerprint density at radius 1 is 1.17 bits per heavy atom. The van der Waals surface area contributed by atoms with Gasteiger partial charge in [-0.2, -0.15) is 0 Å². The predicted molar refractivity (Wildman–Crippen MR) is 163 cm³/mol. The molecule has 3 heterocycles. The maximum atomic E-state index is 13.6. The minimum atomic E-state index is -0.610. The van der Waals surface area contributed by atoms with Crippen LogP contribution in [0.2, 0.25) is 0 Å². The van der Waals surface area contributed by atoms with Crippen molar-refractivity contribution in [3.63, 3.8) is 0 Å². The zero-order chi connectivity index (χ0) is 29.6. The minimum Gasteiger partial charge on any atom is -0.453 e. The molecule has 2 aliphatic heterocycles. The third-order valence-electron chi connectivity index (χ3n) is 7.71. The van der Waals surface area contributed by atoms with Crippen molar-refractivity contribution in [1.29, 1.82) is 0 Å². The minimum absolute atomic E-state index is 0.122. The Kier molecular flexibility index (Phi) is 9.12. The highest BCUT2D eigenvalue weighted by molar-refractivity contribution is 6.31. The topological polar surface area (TPSA) is 128 Å². The number of amides is 4. The highest BCUT2D eigenvalue weighted by Crippen LogP contribution is 2.34. The maximum absolute atomic E-state index is 13.6. The molecule has 10 nitrogen and oxygen atoms in total. The normalized spacial score (nSPS) is 21.4. The molecule has 42 heavy (non-hydrogen) atoms. The summed E-state index contributed by atoms with van der Waals surface area (Å²) in [6, 6.07) is 4.58. The van der Waals surface area contributed by atoms with Crippen LogP contribution in [0.3, 0.4) is 0 Å². The van der Waals surface area contributed by atoms with Gasteiger partial charge in [0.2, 0.25) is 5.91 Å². The van der Waals surface area contributed by atoms with Gasteiger partial charge in [-0.3, -0.25) is 10.1 Å². The van der Waals surface area contributed by atoms with Gasteiger partial charge in [-0.1, -0.05) is 35.4 Å². The Hall–Kier alpha value is -4.31. The van der Waals surface area contributed by atoms with E-state index in [1.165, 1.54) is 12.7 Å². The number of benzene rings is 1. The molecule has 11 heteroatoms. The molecule has 5 rings (SSSR count). The van der Waals surface area contributed by atoms with Crippen LogP contribution in [0.15, 0.2) is 71.0 Å². The lowest BCUT2D eigenvalue weighted by atomic mass is 9.92. The van der Waals surface area contributed by atoms with Crippen LogP contribution in [0.5, 0.6) is 0 Å². The van der Waals surface area contributed by atoms with E-state index in [-0.39, 0.29) is 30.4 Å². The number of fused-ring (bicyclic) bond motifs is 4. The molecule has 4 N–H and O–H groups in total. The number of aromatic nitrogens is 2. The molecular formula is C31H35ClN6O4. The van der Waals surface area contributed by atoms with Gasteiger partial charge in [0.25, 0.3) is 0 Å². The molecule has 2 atom stereocenters. The van der Waals surface area contributed by atoms with Crippen molar-refractivity contribution in [3.05, 3.63) is 76.8 Å². The van der Waals surface area contributed by atoms with Gasteiger partial charge in [0.05, 0.1) is 36.8 Å². The lowest BCUT2D eigenvalue weighted by Crippen LogP contribution is -2.53. The molecule has 0 saturated carbocycles. The summed E-state index contributed by atoms with van der Waals surface area (Å²) in [5.41, 5.74) is 4.68. The molecule has 2 bridgehead atoms. The fourth-order valence-electron chi connectivity index (χ4n) is 5.49. The first kappa shape index (κ1) is 29.2. The largest absolute Gasteiger partial charge is 0.453 e. The summed E-state index contributed by atoms with van der Waals surface area (Å²) in [5, 5.41) is 9.45. The Balaban J connectivity index is 1.43. The fourth-order valence-corrected chi connectivity index (χ4v) is 5.70. The van der Waals surface area contributed by atoms with Gasteiger partial charge in [0.1, 0.15) is 5.82 Å². The molecule has 1 fully saturated rings. The number of imidazole rings is 1. The van der Waals surface area contributed by atoms with Crippen LogP contribution >= 0.6 is 11.6 Å². The highest BCUT2D eigenvalue weighted by atomic mass is 35.5. The van der Waals surface area contributed by atoms with Gasteiger partial charge in [0.15, 0.2) is 0 Å². The van der Waals surface area contributed by atoms with E-state index in [1.54, 1.807) is 24.4 Å². The monoisotopic (exact) mass is 590 g/mol. The molecule has 0 spiro atoms. The second-order valence-corrected chi connectivity index (χ2v) is 11.0. The number of H-pyrrole nitrogens is 1. The molecule has 2 aromatic rings. The summed E-state index contributed by atoms with van der Waals surface area (Å²) in [6.07, 6.45) is 14.9. The van der Waals surface area contributed by atoms with E-state index in [0.29, 0.717) is 52.9 Å². The molecule has 2 unspecified atom stereocenters. The highest BCUT2D eigenvalue weighted by Gasteiger charge is 2.34. The van der Waals surface area contributed by atoms with Crippen molar-refractivity contribution >= 4 is 41.0 Å². The van der Waals surface area contributed by atoms with Crippen molar-refractivity contribution < 1.29 is 19.1 Å². The van der Waals surface area contributed by atoms with Gasteiger partial charge in [-0.05, 0) is 75.0 Å². The number of halogens is 1. The number of urea groups is 1. The van der Waals surface area contributed by atoms with Crippen molar-refractivity contribution in [1.82, 2.24) is 20.2 Å². The average Bonchev–Trinajstić information content (AvgIpc) is 3.45. The van der Waals surface area contributed by atoms with Crippen molar-refractivity contribution in [2.24, 2.45) is 0 Å². The fraction of sp³-hybridized carbons (Fsp3) is 0.355. The van der Waals surface area contributed by atoms with E-state index >= 15 is 0 Å². The number of hydrogen-bond acceptors (Lipinski definition) is 5. The van der Waals surface area contributed by atoms with Gasteiger partial charge >= 0.3 is 12.1 Å². The molecule has 3 aliphatic rings. The van der Waals surface area contributed by atoms with Crippen LogP contribution in [0.1, 0.15) is 57.3 Å². The van der Waals surface area contributed by atoms with Crippen LogP contribution in [0.25, 0.3) is 11.3 Å². The average molecular weight is 591 g/mol. The van der Waals surface area contributed by atoms with Gasteiger partial charge < -0.3 is 25.3 Å². The first-order valence-corrected chi connectivity index (χ1v) is 14.5. The number of hydrogen-bond donors (Lipinski definition) is 4. The summed E-state index contributed by atoms with van der Waals surface area (Å²) in [4.78, 5) is 48.0. The number of carbonyl (C=O) groups excluding carboxylic acids is 3. The van der Waals surface area contributed by atoms with E-state index < -0.39 is 6.09 Å². The second kappa shape index (κ2) is 13.1. The Morgan fingerprint density at radius 3 is 2.81 bits per heavy atom. The van der Waals surface area contributed by atoms with E-state index in [2.05, 4.69) is 38.9 Å². The number of nitrogens with one attached hydrogen (secondary N) is 4. The molecule has 4 amide bonds. The Labute approximate surface area is 249 Å². The van der Waals surface area contributed by atoms with E-state index in [4.69, 9.17) is 16.3 Å². The Morgan fingerprint density at radius 2 is 2.00 bits per heavy atom. The molecule has 0 radical (unpaired) electrons. The second-order valence-electron chi connectivity index (χ2n) is 10.6. The number of methoxy groups -OCH3 is 1. The van der Waals surface area contributed by atoms with E-state index in [0.717, 1.165) is 24.8 Å². The lowest BCUT2D eigenvalue weighted by Gasteiger charge is -2.38. The third kappa shape index (κ3) is 6.76. The zero-order valence-electron chi connectivity index (χ0n) is 23.7.